The minimum atomic E-state index is -0.0777. The van der Waals surface area contributed by atoms with Crippen LogP contribution in [0.4, 0.5) is 0 Å². The zero-order valence-corrected chi connectivity index (χ0v) is 15.9. The van der Waals surface area contributed by atoms with Crippen molar-refractivity contribution in [1.29, 1.82) is 0 Å². The molecule has 0 spiro atoms. The molecule has 136 valence electrons. The number of hydrogen-bond acceptors (Lipinski definition) is 4. The minimum absolute atomic E-state index is 0.0777. The largest absolute Gasteiger partial charge is 0.324 e. The standard InChI is InChI=1S/C21H20N4OS/c1-2-25(12-16-14-27-21(22-16)15-8-4-3-5-9-15)13-19-23-18-11-7-6-10-17(18)20(26)24-19/h3-11,14H,2,12-13H2,1H3,(H,23,24,26)/p+1. The van der Waals surface area contributed by atoms with E-state index in [4.69, 9.17) is 4.98 Å². The van der Waals surface area contributed by atoms with Gasteiger partial charge in [0.1, 0.15) is 23.8 Å². The number of thiazole rings is 1. The van der Waals surface area contributed by atoms with E-state index in [1.807, 2.05) is 36.4 Å². The summed E-state index contributed by atoms with van der Waals surface area (Å²) in [6, 6.07) is 17.7. The maximum absolute atomic E-state index is 12.3. The number of H-pyrrole nitrogens is 1. The van der Waals surface area contributed by atoms with Gasteiger partial charge in [0, 0.05) is 10.9 Å². The van der Waals surface area contributed by atoms with Crippen molar-refractivity contribution < 1.29 is 4.90 Å². The Morgan fingerprint density at radius 2 is 1.78 bits per heavy atom. The van der Waals surface area contributed by atoms with Gasteiger partial charge in [-0.25, -0.2) is 9.97 Å². The SMILES string of the molecule is CC[NH+](Cc1csc(-c2ccccc2)n1)Cc1nc2ccccc2c(=O)[nH]1. The summed E-state index contributed by atoms with van der Waals surface area (Å²) < 4.78 is 0. The summed E-state index contributed by atoms with van der Waals surface area (Å²) in [5, 5.41) is 3.79. The fraction of sp³-hybridized carbons (Fsp3) is 0.190. The average molecular weight is 377 g/mol. The number of quaternary nitrogens is 1. The van der Waals surface area contributed by atoms with Gasteiger partial charge in [0.05, 0.1) is 17.4 Å². The maximum Gasteiger partial charge on any atom is 0.258 e. The van der Waals surface area contributed by atoms with Crippen LogP contribution in [0, 0.1) is 0 Å². The average Bonchev–Trinajstić information content (AvgIpc) is 3.17. The molecule has 6 heteroatoms. The zero-order valence-electron chi connectivity index (χ0n) is 15.1. The number of nitrogens with zero attached hydrogens (tertiary/aromatic N) is 2. The Kier molecular flexibility index (Phi) is 5.09. The Balaban J connectivity index is 1.52. The van der Waals surface area contributed by atoms with Crippen LogP contribution in [0.3, 0.4) is 0 Å². The van der Waals surface area contributed by atoms with Gasteiger partial charge < -0.3 is 9.88 Å². The Bertz CT molecular complexity index is 1100. The monoisotopic (exact) mass is 377 g/mol. The van der Waals surface area contributed by atoms with Crippen LogP contribution in [-0.2, 0) is 13.1 Å². The van der Waals surface area contributed by atoms with E-state index >= 15 is 0 Å². The van der Waals surface area contributed by atoms with Crippen molar-refractivity contribution in [3.05, 3.63) is 81.8 Å². The lowest BCUT2D eigenvalue weighted by Gasteiger charge is -2.16. The summed E-state index contributed by atoms with van der Waals surface area (Å²) in [5.41, 5.74) is 2.88. The number of benzene rings is 2. The van der Waals surface area contributed by atoms with Crippen LogP contribution < -0.4 is 10.5 Å². The first-order chi connectivity index (χ1) is 13.2. The van der Waals surface area contributed by atoms with Gasteiger partial charge in [-0.3, -0.25) is 4.79 Å². The molecule has 4 rings (SSSR count). The molecule has 0 saturated heterocycles. The Morgan fingerprint density at radius 1 is 1.00 bits per heavy atom. The molecule has 2 heterocycles. The summed E-state index contributed by atoms with van der Waals surface area (Å²) in [6.07, 6.45) is 0. The molecule has 2 aromatic carbocycles. The van der Waals surface area contributed by atoms with Gasteiger partial charge in [0.25, 0.3) is 5.56 Å². The summed E-state index contributed by atoms with van der Waals surface area (Å²) in [5.74, 6) is 0.717. The van der Waals surface area contributed by atoms with Gasteiger partial charge in [0.15, 0.2) is 5.82 Å². The highest BCUT2D eigenvalue weighted by atomic mass is 32.1. The van der Waals surface area contributed by atoms with Crippen molar-refractivity contribution >= 4 is 22.2 Å². The van der Waals surface area contributed by atoms with Crippen LogP contribution in [0.25, 0.3) is 21.5 Å². The fourth-order valence-electron chi connectivity index (χ4n) is 3.13. The lowest BCUT2D eigenvalue weighted by molar-refractivity contribution is -0.926. The van der Waals surface area contributed by atoms with Crippen molar-refractivity contribution in [2.75, 3.05) is 6.54 Å². The Morgan fingerprint density at radius 3 is 2.59 bits per heavy atom. The van der Waals surface area contributed by atoms with Gasteiger partial charge in [-0.15, -0.1) is 11.3 Å². The Labute approximate surface area is 161 Å². The second kappa shape index (κ2) is 7.82. The molecule has 0 bridgehead atoms. The van der Waals surface area contributed by atoms with Crippen LogP contribution in [0.5, 0.6) is 0 Å². The van der Waals surface area contributed by atoms with E-state index in [-0.39, 0.29) is 5.56 Å². The normalized spacial score (nSPS) is 12.3. The molecule has 0 aliphatic rings. The Hall–Kier alpha value is -2.83. The van der Waals surface area contributed by atoms with E-state index in [0.29, 0.717) is 17.8 Å². The van der Waals surface area contributed by atoms with E-state index in [1.54, 1.807) is 17.4 Å². The molecule has 1 atom stereocenters. The van der Waals surface area contributed by atoms with Crippen LogP contribution in [0.15, 0.2) is 64.8 Å². The minimum Gasteiger partial charge on any atom is -0.324 e. The number of aromatic nitrogens is 3. The van der Waals surface area contributed by atoms with Crippen molar-refractivity contribution in [2.24, 2.45) is 0 Å². The third-order valence-corrected chi connectivity index (χ3v) is 5.52. The predicted octanol–water partition coefficient (Wildman–Crippen LogP) is 2.65. The van der Waals surface area contributed by atoms with Crippen molar-refractivity contribution in [2.45, 2.75) is 20.0 Å². The number of hydrogen-bond donors (Lipinski definition) is 2. The van der Waals surface area contributed by atoms with Gasteiger partial charge in [-0.1, -0.05) is 42.5 Å². The van der Waals surface area contributed by atoms with Crippen molar-refractivity contribution in [3.63, 3.8) is 0 Å². The zero-order chi connectivity index (χ0) is 18.6. The highest BCUT2D eigenvalue weighted by Crippen LogP contribution is 2.22. The van der Waals surface area contributed by atoms with E-state index in [0.717, 1.165) is 34.9 Å². The topological polar surface area (TPSA) is 63.1 Å². The number of fused-ring (bicyclic) bond motifs is 1. The van der Waals surface area contributed by atoms with Crippen molar-refractivity contribution in [1.82, 2.24) is 15.0 Å². The first-order valence-corrected chi connectivity index (χ1v) is 9.92. The number of para-hydroxylation sites is 1. The summed E-state index contributed by atoms with van der Waals surface area (Å²) >= 11 is 1.67. The summed E-state index contributed by atoms with van der Waals surface area (Å²) in [4.78, 5) is 25.9. The molecule has 4 aromatic rings. The molecule has 5 nitrogen and oxygen atoms in total. The lowest BCUT2D eigenvalue weighted by Crippen LogP contribution is -3.09. The molecule has 2 aromatic heterocycles. The number of aromatic amines is 1. The molecule has 0 aliphatic heterocycles. The quantitative estimate of drug-likeness (QED) is 0.543. The first-order valence-electron chi connectivity index (χ1n) is 9.04. The molecule has 0 saturated carbocycles. The van der Waals surface area contributed by atoms with Crippen LogP contribution in [-0.4, -0.2) is 21.5 Å². The molecule has 2 N–H and O–H groups in total. The third-order valence-electron chi connectivity index (χ3n) is 4.58. The van der Waals surface area contributed by atoms with E-state index in [2.05, 4.69) is 34.4 Å². The van der Waals surface area contributed by atoms with E-state index in [9.17, 15) is 4.79 Å². The van der Waals surface area contributed by atoms with Crippen LogP contribution >= 0.6 is 11.3 Å². The van der Waals surface area contributed by atoms with Gasteiger partial charge in [-0.2, -0.15) is 0 Å². The maximum atomic E-state index is 12.3. The second-order valence-corrected chi connectivity index (χ2v) is 7.36. The number of nitrogens with one attached hydrogen (secondary N) is 2. The van der Waals surface area contributed by atoms with Crippen LogP contribution in [0.2, 0.25) is 0 Å². The highest BCUT2D eigenvalue weighted by molar-refractivity contribution is 7.13. The molecule has 0 fully saturated rings. The lowest BCUT2D eigenvalue weighted by atomic mass is 10.2. The molecule has 27 heavy (non-hydrogen) atoms. The van der Waals surface area contributed by atoms with Gasteiger partial charge >= 0.3 is 0 Å². The van der Waals surface area contributed by atoms with Crippen LogP contribution in [0.1, 0.15) is 18.4 Å². The van der Waals surface area contributed by atoms with Gasteiger partial charge in [0.2, 0.25) is 0 Å². The number of rotatable bonds is 6. The third kappa shape index (κ3) is 3.97. The molecule has 0 radical (unpaired) electrons. The molecule has 0 aliphatic carbocycles. The van der Waals surface area contributed by atoms with Crippen molar-refractivity contribution in [3.8, 4) is 10.6 Å². The molecule has 1 unspecified atom stereocenters. The molecular weight excluding hydrogens is 356 g/mol. The molecular formula is C21H21N4OS+. The highest BCUT2D eigenvalue weighted by Gasteiger charge is 2.14. The first kappa shape index (κ1) is 17.6. The molecule has 0 amide bonds. The second-order valence-electron chi connectivity index (χ2n) is 6.50. The van der Waals surface area contributed by atoms with E-state index < -0.39 is 0 Å². The summed E-state index contributed by atoms with van der Waals surface area (Å²) in [7, 11) is 0. The van der Waals surface area contributed by atoms with E-state index in [1.165, 1.54) is 4.90 Å². The smallest absolute Gasteiger partial charge is 0.258 e. The fourth-order valence-corrected chi connectivity index (χ4v) is 3.95. The summed E-state index contributed by atoms with van der Waals surface area (Å²) in [6.45, 7) is 4.53. The predicted molar refractivity (Wildman–Crippen MR) is 109 cm³/mol. The van der Waals surface area contributed by atoms with Gasteiger partial charge in [-0.05, 0) is 19.1 Å².